The van der Waals surface area contributed by atoms with Crippen LogP contribution < -0.4 is 5.32 Å². The maximum absolute atomic E-state index is 10.8. The largest absolute Gasteiger partial charge is 0.360 e. The van der Waals surface area contributed by atoms with Crippen LogP contribution >= 0.6 is 0 Å². The standard InChI is InChI=1S/C12H15N7O2/c1-4-17-11(5-13)10(6-14-17)15-9(3)18-7-12(19(20)21)8(2)16-18/h6-7,9,15H,4H2,1-3H3/t9-/m0/s1. The van der Waals surface area contributed by atoms with E-state index in [-0.39, 0.29) is 11.9 Å². The van der Waals surface area contributed by atoms with Crippen molar-refractivity contribution >= 4 is 11.4 Å². The highest BCUT2D eigenvalue weighted by Gasteiger charge is 2.19. The maximum Gasteiger partial charge on any atom is 0.309 e. The zero-order valence-electron chi connectivity index (χ0n) is 11.9. The predicted octanol–water partition coefficient (Wildman–Crippen LogP) is 1.82. The van der Waals surface area contributed by atoms with Gasteiger partial charge in [0.25, 0.3) is 0 Å². The van der Waals surface area contributed by atoms with E-state index in [1.807, 2.05) is 6.92 Å². The summed E-state index contributed by atoms with van der Waals surface area (Å²) in [6.07, 6.45) is 2.58. The van der Waals surface area contributed by atoms with Crippen molar-refractivity contribution in [3.8, 4) is 6.07 Å². The molecule has 0 aliphatic rings. The number of nitrogens with zero attached hydrogens (tertiary/aromatic N) is 6. The van der Waals surface area contributed by atoms with Gasteiger partial charge in [0, 0.05) is 6.54 Å². The summed E-state index contributed by atoms with van der Waals surface area (Å²) in [7, 11) is 0. The van der Waals surface area contributed by atoms with Gasteiger partial charge in [0.05, 0.1) is 16.8 Å². The Labute approximate surface area is 120 Å². The fraction of sp³-hybridized carbons (Fsp3) is 0.417. The van der Waals surface area contributed by atoms with Crippen molar-refractivity contribution in [3.63, 3.8) is 0 Å². The molecule has 2 aromatic heterocycles. The van der Waals surface area contributed by atoms with E-state index in [9.17, 15) is 10.1 Å². The lowest BCUT2D eigenvalue weighted by Gasteiger charge is -2.14. The van der Waals surface area contributed by atoms with E-state index in [0.29, 0.717) is 23.6 Å². The van der Waals surface area contributed by atoms with Crippen LogP contribution in [0.5, 0.6) is 0 Å². The van der Waals surface area contributed by atoms with Crippen LogP contribution in [0.3, 0.4) is 0 Å². The molecule has 0 amide bonds. The Morgan fingerprint density at radius 2 is 2.33 bits per heavy atom. The van der Waals surface area contributed by atoms with Crippen LogP contribution in [0.1, 0.15) is 31.4 Å². The fourth-order valence-corrected chi connectivity index (χ4v) is 1.99. The highest BCUT2D eigenvalue weighted by atomic mass is 16.6. The molecule has 0 bridgehead atoms. The van der Waals surface area contributed by atoms with Gasteiger partial charge >= 0.3 is 5.69 Å². The van der Waals surface area contributed by atoms with E-state index < -0.39 is 4.92 Å². The SMILES string of the molecule is CCn1ncc(N[C@H](C)n2cc([N+](=O)[O-])c(C)n2)c1C#N. The number of rotatable bonds is 5. The van der Waals surface area contributed by atoms with Crippen molar-refractivity contribution in [2.75, 3.05) is 5.32 Å². The summed E-state index contributed by atoms with van der Waals surface area (Å²) in [5, 5.41) is 31.3. The predicted molar refractivity (Wildman–Crippen MR) is 74.6 cm³/mol. The molecule has 0 fully saturated rings. The fourth-order valence-electron chi connectivity index (χ4n) is 1.99. The van der Waals surface area contributed by atoms with Crippen LogP contribution in [0.2, 0.25) is 0 Å². The number of aromatic nitrogens is 4. The Morgan fingerprint density at radius 3 is 2.86 bits per heavy atom. The summed E-state index contributed by atoms with van der Waals surface area (Å²) in [5.74, 6) is 0. The second-order valence-corrected chi connectivity index (χ2v) is 4.49. The molecule has 0 aliphatic heterocycles. The monoisotopic (exact) mass is 289 g/mol. The van der Waals surface area contributed by atoms with Gasteiger partial charge in [0.1, 0.15) is 24.1 Å². The quantitative estimate of drug-likeness (QED) is 0.663. The zero-order chi connectivity index (χ0) is 15.6. The van der Waals surface area contributed by atoms with Crippen LogP contribution in [-0.4, -0.2) is 24.5 Å². The molecule has 0 saturated carbocycles. The van der Waals surface area contributed by atoms with Gasteiger partial charge in [-0.2, -0.15) is 15.5 Å². The number of nitrogens with one attached hydrogen (secondary N) is 1. The molecular formula is C12H15N7O2. The number of nitro groups is 1. The summed E-state index contributed by atoms with van der Waals surface area (Å²) < 4.78 is 3.03. The van der Waals surface area contributed by atoms with Crippen molar-refractivity contribution in [3.05, 3.63) is 33.9 Å². The molecule has 2 aromatic rings. The van der Waals surface area contributed by atoms with Crippen LogP contribution in [0.15, 0.2) is 12.4 Å². The minimum absolute atomic E-state index is 0.0339. The number of aryl methyl sites for hydroxylation is 2. The molecule has 0 spiro atoms. The second-order valence-electron chi connectivity index (χ2n) is 4.49. The van der Waals surface area contributed by atoms with Gasteiger partial charge in [-0.3, -0.25) is 14.8 Å². The lowest BCUT2D eigenvalue weighted by molar-refractivity contribution is -0.385. The van der Waals surface area contributed by atoms with Crippen molar-refractivity contribution in [1.82, 2.24) is 19.6 Å². The van der Waals surface area contributed by atoms with Gasteiger partial charge in [0.15, 0.2) is 5.69 Å². The molecule has 1 N–H and O–H groups in total. The number of hydrogen-bond acceptors (Lipinski definition) is 6. The van der Waals surface area contributed by atoms with E-state index in [0.717, 1.165) is 0 Å². The molecule has 2 heterocycles. The van der Waals surface area contributed by atoms with Crippen molar-refractivity contribution in [2.24, 2.45) is 0 Å². The molecule has 9 heteroatoms. The summed E-state index contributed by atoms with van der Waals surface area (Å²) in [6.45, 7) is 5.85. The van der Waals surface area contributed by atoms with E-state index in [4.69, 9.17) is 5.26 Å². The smallest absolute Gasteiger partial charge is 0.309 e. The summed E-state index contributed by atoms with van der Waals surface area (Å²) in [6, 6.07) is 2.09. The third kappa shape index (κ3) is 2.69. The van der Waals surface area contributed by atoms with Gasteiger partial charge in [-0.25, -0.2) is 4.68 Å². The number of anilines is 1. The Hall–Kier alpha value is -2.89. The highest BCUT2D eigenvalue weighted by molar-refractivity contribution is 5.53. The van der Waals surface area contributed by atoms with E-state index in [1.54, 1.807) is 24.7 Å². The Morgan fingerprint density at radius 1 is 1.62 bits per heavy atom. The van der Waals surface area contributed by atoms with Gasteiger partial charge in [-0.15, -0.1) is 0 Å². The molecular weight excluding hydrogens is 274 g/mol. The summed E-state index contributed by atoms with van der Waals surface area (Å²) >= 11 is 0. The van der Waals surface area contributed by atoms with Gasteiger partial charge in [-0.05, 0) is 20.8 Å². The normalized spacial score (nSPS) is 11.9. The molecule has 0 aromatic carbocycles. The Bertz CT molecular complexity index is 710. The molecule has 0 saturated heterocycles. The molecule has 9 nitrogen and oxygen atoms in total. The maximum atomic E-state index is 10.8. The first-order valence-corrected chi connectivity index (χ1v) is 6.40. The lowest BCUT2D eigenvalue weighted by Crippen LogP contribution is -2.16. The summed E-state index contributed by atoms with van der Waals surface area (Å²) in [4.78, 5) is 10.4. The van der Waals surface area contributed by atoms with Gasteiger partial charge < -0.3 is 5.32 Å². The van der Waals surface area contributed by atoms with Crippen molar-refractivity contribution in [1.29, 1.82) is 5.26 Å². The molecule has 0 aliphatic carbocycles. The third-order valence-electron chi connectivity index (χ3n) is 3.09. The molecule has 21 heavy (non-hydrogen) atoms. The van der Waals surface area contributed by atoms with Crippen LogP contribution in [-0.2, 0) is 6.54 Å². The lowest BCUT2D eigenvalue weighted by atomic mass is 10.3. The highest BCUT2D eigenvalue weighted by Crippen LogP contribution is 2.21. The van der Waals surface area contributed by atoms with Crippen LogP contribution in [0.25, 0.3) is 0 Å². The first kappa shape index (κ1) is 14.5. The second kappa shape index (κ2) is 5.62. The zero-order valence-corrected chi connectivity index (χ0v) is 11.9. The van der Waals surface area contributed by atoms with E-state index in [2.05, 4.69) is 21.6 Å². The third-order valence-corrected chi connectivity index (χ3v) is 3.09. The summed E-state index contributed by atoms with van der Waals surface area (Å²) in [5.41, 5.74) is 1.30. The molecule has 1 atom stereocenters. The van der Waals surface area contributed by atoms with E-state index >= 15 is 0 Å². The number of hydrogen-bond donors (Lipinski definition) is 1. The molecule has 110 valence electrons. The van der Waals surface area contributed by atoms with Crippen molar-refractivity contribution < 1.29 is 4.92 Å². The minimum Gasteiger partial charge on any atom is -0.360 e. The van der Waals surface area contributed by atoms with Gasteiger partial charge in [-0.1, -0.05) is 0 Å². The first-order valence-electron chi connectivity index (χ1n) is 6.40. The molecule has 0 unspecified atom stereocenters. The number of nitriles is 1. The average molecular weight is 289 g/mol. The first-order chi connectivity index (χ1) is 9.97. The van der Waals surface area contributed by atoms with Crippen LogP contribution in [0.4, 0.5) is 11.4 Å². The topological polar surface area (TPSA) is 115 Å². The van der Waals surface area contributed by atoms with Crippen molar-refractivity contribution in [2.45, 2.75) is 33.5 Å². The Balaban J connectivity index is 2.24. The minimum atomic E-state index is -0.471. The van der Waals surface area contributed by atoms with Crippen LogP contribution in [0, 0.1) is 28.4 Å². The molecule has 0 radical (unpaired) electrons. The Kier molecular flexibility index (Phi) is 3.89. The average Bonchev–Trinajstić information content (AvgIpc) is 3.01. The van der Waals surface area contributed by atoms with E-state index in [1.165, 1.54) is 10.9 Å². The van der Waals surface area contributed by atoms with Gasteiger partial charge in [0.2, 0.25) is 0 Å². The molecule has 2 rings (SSSR count).